The number of amides is 1. The molecule has 1 fully saturated rings. The Balaban J connectivity index is 0.00000242. The van der Waals surface area contributed by atoms with E-state index in [2.05, 4.69) is 15.5 Å². The number of ether oxygens (including phenoxy) is 1. The summed E-state index contributed by atoms with van der Waals surface area (Å²) >= 11 is 0. The van der Waals surface area contributed by atoms with Gasteiger partial charge in [-0.05, 0) is 52.0 Å². The molecule has 1 saturated heterocycles. The van der Waals surface area contributed by atoms with Gasteiger partial charge < -0.3 is 15.4 Å². The molecule has 5 nitrogen and oxygen atoms in total. The molecule has 0 spiro atoms. The molecule has 0 bridgehead atoms. The summed E-state index contributed by atoms with van der Waals surface area (Å²) in [4.78, 5) is 14.3. The standard InChI is InChI=1S/C16H25N3O2.ClH/c1-3-21-15-7-5-4-6-14(15)18-16(20)12-19(2)13-8-10-17-11-9-13;/h4-7,13,17H,3,8-12H2,1-2H3,(H,18,20);1H. The Morgan fingerprint density at radius 3 is 2.73 bits per heavy atom. The summed E-state index contributed by atoms with van der Waals surface area (Å²) < 4.78 is 5.52. The van der Waals surface area contributed by atoms with Crippen LogP contribution in [-0.2, 0) is 4.79 Å². The minimum atomic E-state index is 0. The molecule has 1 aromatic rings. The van der Waals surface area contributed by atoms with Gasteiger partial charge in [0.05, 0.1) is 18.8 Å². The van der Waals surface area contributed by atoms with Gasteiger partial charge in [-0.1, -0.05) is 12.1 Å². The normalized spacial score (nSPS) is 15.2. The highest BCUT2D eigenvalue weighted by Crippen LogP contribution is 2.23. The van der Waals surface area contributed by atoms with Crippen LogP contribution in [0.2, 0.25) is 0 Å². The number of hydrogen-bond donors (Lipinski definition) is 2. The van der Waals surface area contributed by atoms with E-state index in [1.54, 1.807) is 0 Å². The van der Waals surface area contributed by atoms with Crippen molar-refractivity contribution < 1.29 is 9.53 Å². The van der Waals surface area contributed by atoms with Crippen molar-refractivity contribution in [3.63, 3.8) is 0 Å². The molecule has 0 atom stereocenters. The fourth-order valence-corrected chi connectivity index (χ4v) is 2.64. The van der Waals surface area contributed by atoms with Crippen molar-refractivity contribution in [2.45, 2.75) is 25.8 Å². The Morgan fingerprint density at radius 2 is 2.05 bits per heavy atom. The van der Waals surface area contributed by atoms with Crippen LogP contribution in [0.1, 0.15) is 19.8 Å². The molecule has 0 unspecified atom stereocenters. The van der Waals surface area contributed by atoms with Crippen molar-refractivity contribution in [1.29, 1.82) is 0 Å². The summed E-state index contributed by atoms with van der Waals surface area (Å²) in [5.74, 6) is 0.723. The summed E-state index contributed by atoms with van der Waals surface area (Å²) in [5, 5.41) is 6.28. The van der Waals surface area contributed by atoms with E-state index < -0.39 is 0 Å². The summed E-state index contributed by atoms with van der Waals surface area (Å²) in [6.45, 7) is 4.99. The van der Waals surface area contributed by atoms with Crippen LogP contribution in [0, 0.1) is 0 Å². The fourth-order valence-electron chi connectivity index (χ4n) is 2.64. The van der Waals surface area contributed by atoms with E-state index in [9.17, 15) is 4.79 Å². The monoisotopic (exact) mass is 327 g/mol. The summed E-state index contributed by atoms with van der Waals surface area (Å²) in [6, 6.07) is 8.03. The predicted molar refractivity (Wildman–Crippen MR) is 92.0 cm³/mol. The second-order valence-electron chi connectivity index (χ2n) is 5.37. The van der Waals surface area contributed by atoms with Crippen LogP contribution >= 0.6 is 12.4 Å². The Kier molecular flexibility index (Phi) is 8.24. The third-order valence-corrected chi connectivity index (χ3v) is 3.79. The third kappa shape index (κ3) is 5.48. The number of hydrogen-bond acceptors (Lipinski definition) is 4. The first-order valence-electron chi connectivity index (χ1n) is 7.63. The van der Waals surface area contributed by atoms with Crippen LogP contribution in [0.4, 0.5) is 5.69 Å². The van der Waals surface area contributed by atoms with E-state index in [0.29, 0.717) is 19.2 Å². The summed E-state index contributed by atoms with van der Waals surface area (Å²) in [5.41, 5.74) is 0.739. The molecule has 1 amide bonds. The maximum Gasteiger partial charge on any atom is 0.238 e. The lowest BCUT2D eigenvalue weighted by molar-refractivity contribution is -0.117. The molecule has 124 valence electrons. The molecular formula is C16H26ClN3O2. The molecule has 1 heterocycles. The van der Waals surface area contributed by atoms with Crippen LogP contribution in [0.15, 0.2) is 24.3 Å². The number of likely N-dealkylation sites (N-methyl/N-ethyl adjacent to an activating group) is 1. The van der Waals surface area contributed by atoms with E-state index in [4.69, 9.17) is 4.74 Å². The maximum absolute atomic E-state index is 12.2. The number of carbonyl (C=O) groups excluding carboxylic acids is 1. The van der Waals surface area contributed by atoms with Crippen LogP contribution in [-0.4, -0.2) is 50.1 Å². The van der Waals surface area contributed by atoms with E-state index in [1.807, 2.05) is 38.2 Å². The first-order valence-corrected chi connectivity index (χ1v) is 7.63. The second-order valence-corrected chi connectivity index (χ2v) is 5.37. The molecule has 0 aliphatic carbocycles. The molecule has 0 saturated carbocycles. The highest BCUT2D eigenvalue weighted by molar-refractivity contribution is 5.93. The predicted octanol–water partition coefficient (Wildman–Crippen LogP) is 2.13. The molecule has 1 aliphatic heterocycles. The topological polar surface area (TPSA) is 53.6 Å². The average Bonchev–Trinajstić information content (AvgIpc) is 2.50. The van der Waals surface area contributed by atoms with E-state index in [1.165, 1.54) is 0 Å². The number of anilines is 1. The molecule has 2 N–H and O–H groups in total. The first-order chi connectivity index (χ1) is 10.2. The molecule has 1 aliphatic rings. The number of carbonyl (C=O) groups is 1. The van der Waals surface area contributed by atoms with Crippen molar-refractivity contribution in [3.05, 3.63) is 24.3 Å². The Bertz CT molecular complexity index is 464. The van der Waals surface area contributed by atoms with Crippen molar-refractivity contribution in [1.82, 2.24) is 10.2 Å². The minimum Gasteiger partial charge on any atom is -0.492 e. The van der Waals surface area contributed by atoms with E-state index in [0.717, 1.165) is 37.4 Å². The Hall–Kier alpha value is -1.30. The number of rotatable bonds is 6. The van der Waals surface area contributed by atoms with Gasteiger partial charge in [0.2, 0.25) is 5.91 Å². The Labute approximate surface area is 138 Å². The summed E-state index contributed by atoms with van der Waals surface area (Å²) in [7, 11) is 2.02. The average molecular weight is 328 g/mol. The highest BCUT2D eigenvalue weighted by Gasteiger charge is 2.19. The van der Waals surface area contributed by atoms with Crippen LogP contribution in [0.3, 0.4) is 0 Å². The molecule has 1 aromatic carbocycles. The van der Waals surface area contributed by atoms with Crippen molar-refractivity contribution >= 4 is 24.0 Å². The number of benzene rings is 1. The summed E-state index contributed by atoms with van der Waals surface area (Å²) in [6.07, 6.45) is 2.19. The third-order valence-electron chi connectivity index (χ3n) is 3.79. The first kappa shape index (κ1) is 18.7. The highest BCUT2D eigenvalue weighted by atomic mass is 35.5. The molecule has 2 rings (SSSR count). The van der Waals surface area contributed by atoms with Gasteiger partial charge in [0.15, 0.2) is 0 Å². The maximum atomic E-state index is 12.2. The van der Waals surface area contributed by atoms with Gasteiger partial charge in [-0.3, -0.25) is 9.69 Å². The molecule has 6 heteroatoms. The van der Waals surface area contributed by atoms with Crippen LogP contribution in [0.25, 0.3) is 0 Å². The van der Waals surface area contributed by atoms with Crippen molar-refractivity contribution in [2.75, 3.05) is 38.6 Å². The van der Waals surface area contributed by atoms with E-state index in [-0.39, 0.29) is 18.3 Å². The van der Waals surface area contributed by atoms with Crippen LogP contribution < -0.4 is 15.4 Å². The molecule has 22 heavy (non-hydrogen) atoms. The van der Waals surface area contributed by atoms with Crippen LogP contribution in [0.5, 0.6) is 5.75 Å². The smallest absolute Gasteiger partial charge is 0.238 e. The number of nitrogens with zero attached hydrogens (tertiary/aromatic N) is 1. The number of para-hydroxylation sites is 2. The van der Waals surface area contributed by atoms with Gasteiger partial charge in [0.25, 0.3) is 0 Å². The van der Waals surface area contributed by atoms with Crippen molar-refractivity contribution in [2.24, 2.45) is 0 Å². The molecular weight excluding hydrogens is 302 g/mol. The Morgan fingerprint density at radius 1 is 1.36 bits per heavy atom. The number of nitrogens with one attached hydrogen (secondary N) is 2. The van der Waals surface area contributed by atoms with E-state index >= 15 is 0 Å². The van der Waals surface area contributed by atoms with Gasteiger partial charge in [-0.2, -0.15) is 0 Å². The fraction of sp³-hybridized carbons (Fsp3) is 0.562. The van der Waals surface area contributed by atoms with Gasteiger partial charge in [0.1, 0.15) is 5.75 Å². The molecule has 0 radical (unpaired) electrons. The largest absolute Gasteiger partial charge is 0.492 e. The van der Waals surface area contributed by atoms with Gasteiger partial charge >= 0.3 is 0 Å². The van der Waals surface area contributed by atoms with Gasteiger partial charge in [-0.15, -0.1) is 12.4 Å². The number of halogens is 1. The zero-order chi connectivity index (χ0) is 15.1. The lowest BCUT2D eigenvalue weighted by Crippen LogP contribution is -2.44. The zero-order valence-corrected chi connectivity index (χ0v) is 14.1. The van der Waals surface area contributed by atoms with Gasteiger partial charge in [-0.25, -0.2) is 0 Å². The number of piperidine rings is 1. The lowest BCUT2D eigenvalue weighted by Gasteiger charge is -2.31. The minimum absolute atomic E-state index is 0. The lowest BCUT2D eigenvalue weighted by atomic mass is 10.1. The van der Waals surface area contributed by atoms with Gasteiger partial charge in [0, 0.05) is 6.04 Å². The quantitative estimate of drug-likeness (QED) is 0.840. The van der Waals surface area contributed by atoms with Crippen molar-refractivity contribution in [3.8, 4) is 5.75 Å². The zero-order valence-electron chi connectivity index (χ0n) is 13.3. The molecule has 0 aromatic heterocycles. The second kappa shape index (κ2) is 9.66. The SMILES string of the molecule is CCOc1ccccc1NC(=O)CN(C)C1CCNCC1.Cl.